The van der Waals surface area contributed by atoms with Gasteiger partial charge < -0.3 is 9.88 Å². The zero-order chi connectivity index (χ0) is 16.2. The maximum atomic E-state index is 12.0. The van der Waals surface area contributed by atoms with Crippen molar-refractivity contribution in [3.8, 4) is 0 Å². The highest BCUT2D eigenvalue weighted by molar-refractivity contribution is 7.99. The van der Waals surface area contributed by atoms with Crippen molar-refractivity contribution in [2.45, 2.75) is 44.3 Å². The third kappa shape index (κ3) is 4.16. The van der Waals surface area contributed by atoms with Crippen LogP contribution in [0, 0.1) is 13.8 Å². The molecule has 1 N–H and O–H groups in total. The van der Waals surface area contributed by atoms with Crippen molar-refractivity contribution in [2.24, 2.45) is 0 Å². The van der Waals surface area contributed by atoms with E-state index >= 15 is 0 Å². The molecular weight excluding hydrogens is 306 g/mol. The third-order valence-electron chi connectivity index (χ3n) is 4.18. The maximum Gasteiger partial charge on any atom is 0.230 e. The molecule has 1 aliphatic carbocycles. The van der Waals surface area contributed by atoms with Crippen LogP contribution in [0.4, 0.5) is 0 Å². The molecule has 1 amide bonds. The Bertz CT molecular complexity index is 677. The number of carbonyl (C=O) groups is 1. The van der Waals surface area contributed by atoms with Gasteiger partial charge in [0, 0.05) is 18.3 Å². The van der Waals surface area contributed by atoms with E-state index in [0.717, 1.165) is 17.3 Å². The predicted molar refractivity (Wildman–Crippen MR) is 93.9 cm³/mol. The Morgan fingerprint density at radius 3 is 2.74 bits per heavy atom. The van der Waals surface area contributed by atoms with Crippen LogP contribution < -0.4 is 5.32 Å². The molecule has 1 fully saturated rings. The fraction of sp³-hybridized carbons (Fsp3) is 0.444. The van der Waals surface area contributed by atoms with Gasteiger partial charge >= 0.3 is 0 Å². The fourth-order valence-electron chi connectivity index (χ4n) is 2.63. The molecule has 5 heteroatoms. The van der Waals surface area contributed by atoms with Crippen molar-refractivity contribution in [2.75, 3.05) is 12.3 Å². The van der Waals surface area contributed by atoms with Crippen LogP contribution in [-0.4, -0.2) is 27.8 Å². The van der Waals surface area contributed by atoms with Crippen LogP contribution >= 0.6 is 11.8 Å². The Labute approximate surface area is 141 Å². The first-order valence-corrected chi connectivity index (χ1v) is 9.12. The average Bonchev–Trinajstić information content (AvgIpc) is 3.34. The standard InChI is InChI=1S/C18H23N3OS/c1-13-14(2)21(16-8-9-16)18(20-13)23-12-17(22)19-11-10-15-6-4-3-5-7-15/h3-7,16H,8-12H2,1-2H3,(H,19,22). The van der Waals surface area contributed by atoms with Crippen LogP contribution in [-0.2, 0) is 11.2 Å². The average molecular weight is 329 g/mol. The van der Waals surface area contributed by atoms with Gasteiger partial charge in [0.2, 0.25) is 5.91 Å². The first-order valence-electron chi connectivity index (χ1n) is 8.14. The second-order valence-electron chi connectivity index (χ2n) is 6.04. The molecule has 0 bridgehead atoms. The monoisotopic (exact) mass is 329 g/mol. The van der Waals surface area contributed by atoms with E-state index in [2.05, 4.69) is 33.9 Å². The van der Waals surface area contributed by atoms with Crippen molar-refractivity contribution in [1.82, 2.24) is 14.9 Å². The summed E-state index contributed by atoms with van der Waals surface area (Å²) < 4.78 is 2.30. The van der Waals surface area contributed by atoms with Gasteiger partial charge in [0.25, 0.3) is 0 Å². The number of imidazole rings is 1. The van der Waals surface area contributed by atoms with Gasteiger partial charge in [-0.05, 0) is 38.7 Å². The summed E-state index contributed by atoms with van der Waals surface area (Å²) >= 11 is 1.54. The summed E-state index contributed by atoms with van der Waals surface area (Å²) in [6.07, 6.45) is 3.33. The quantitative estimate of drug-likeness (QED) is 0.793. The molecule has 23 heavy (non-hydrogen) atoms. The van der Waals surface area contributed by atoms with Gasteiger partial charge in [0.15, 0.2) is 5.16 Å². The Hall–Kier alpha value is -1.75. The van der Waals surface area contributed by atoms with Crippen molar-refractivity contribution >= 4 is 17.7 Å². The molecule has 122 valence electrons. The van der Waals surface area contributed by atoms with E-state index in [0.29, 0.717) is 18.3 Å². The summed E-state index contributed by atoms with van der Waals surface area (Å²) in [6.45, 7) is 4.83. The number of aromatic nitrogens is 2. The van der Waals surface area contributed by atoms with Crippen LogP contribution in [0.1, 0.15) is 35.8 Å². The Balaban J connectivity index is 1.47. The van der Waals surface area contributed by atoms with Gasteiger partial charge in [0.1, 0.15) is 0 Å². The lowest BCUT2D eigenvalue weighted by Crippen LogP contribution is -2.27. The second kappa shape index (κ2) is 7.21. The predicted octanol–water partition coefficient (Wildman–Crippen LogP) is 3.29. The van der Waals surface area contributed by atoms with E-state index in [9.17, 15) is 4.79 Å². The van der Waals surface area contributed by atoms with Gasteiger partial charge in [0.05, 0.1) is 11.4 Å². The Kier molecular flexibility index (Phi) is 5.06. The fourth-order valence-corrected chi connectivity index (χ4v) is 3.62. The van der Waals surface area contributed by atoms with Gasteiger partial charge in [-0.15, -0.1) is 0 Å². The van der Waals surface area contributed by atoms with Crippen LogP contribution in [0.3, 0.4) is 0 Å². The van der Waals surface area contributed by atoms with Crippen LogP contribution in [0.15, 0.2) is 35.5 Å². The second-order valence-corrected chi connectivity index (χ2v) is 6.98. The molecule has 3 rings (SSSR count). The number of rotatable bonds is 7. The summed E-state index contributed by atoms with van der Waals surface area (Å²) in [5.41, 5.74) is 3.55. The molecule has 0 spiro atoms. The maximum absolute atomic E-state index is 12.0. The third-order valence-corrected chi connectivity index (χ3v) is 5.13. The first-order chi connectivity index (χ1) is 11.1. The van der Waals surface area contributed by atoms with Crippen molar-refractivity contribution < 1.29 is 4.79 Å². The lowest BCUT2D eigenvalue weighted by Gasteiger charge is -2.08. The van der Waals surface area contributed by atoms with Gasteiger partial charge in [-0.25, -0.2) is 4.98 Å². The largest absolute Gasteiger partial charge is 0.355 e. The van der Waals surface area contributed by atoms with E-state index in [1.54, 1.807) is 11.8 Å². The highest BCUT2D eigenvalue weighted by atomic mass is 32.2. The Morgan fingerprint density at radius 2 is 2.04 bits per heavy atom. The van der Waals surface area contributed by atoms with E-state index in [4.69, 9.17) is 0 Å². The van der Waals surface area contributed by atoms with Gasteiger partial charge in [-0.1, -0.05) is 42.1 Å². The molecule has 1 heterocycles. The van der Waals surface area contributed by atoms with Crippen molar-refractivity contribution in [1.29, 1.82) is 0 Å². The van der Waals surface area contributed by atoms with E-state index in [1.807, 2.05) is 25.1 Å². The summed E-state index contributed by atoms with van der Waals surface area (Å²) in [4.78, 5) is 16.6. The zero-order valence-electron chi connectivity index (χ0n) is 13.7. The normalized spacial score (nSPS) is 14.0. The van der Waals surface area contributed by atoms with E-state index in [-0.39, 0.29) is 5.91 Å². The number of thioether (sulfide) groups is 1. The van der Waals surface area contributed by atoms with E-state index in [1.165, 1.54) is 24.1 Å². The van der Waals surface area contributed by atoms with Crippen LogP contribution in [0.2, 0.25) is 0 Å². The minimum atomic E-state index is 0.0755. The SMILES string of the molecule is Cc1nc(SCC(=O)NCCc2ccccc2)n(C2CC2)c1C. The molecular formula is C18H23N3OS. The number of hydrogen-bond acceptors (Lipinski definition) is 3. The smallest absolute Gasteiger partial charge is 0.230 e. The molecule has 0 atom stereocenters. The zero-order valence-corrected chi connectivity index (χ0v) is 14.5. The van der Waals surface area contributed by atoms with Crippen molar-refractivity contribution in [3.63, 3.8) is 0 Å². The highest BCUT2D eigenvalue weighted by Crippen LogP contribution is 2.39. The number of amides is 1. The number of hydrogen-bond donors (Lipinski definition) is 1. The van der Waals surface area contributed by atoms with Gasteiger partial charge in [-0.3, -0.25) is 4.79 Å². The topological polar surface area (TPSA) is 46.9 Å². The van der Waals surface area contributed by atoms with Crippen LogP contribution in [0.5, 0.6) is 0 Å². The molecule has 1 aliphatic rings. The number of benzene rings is 1. The molecule has 0 aliphatic heterocycles. The number of nitrogens with one attached hydrogen (secondary N) is 1. The van der Waals surface area contributed by atoms with Crippen molar-refractivity contribution in [3.05, 3.63) is 47.3 Å². The summed E-state index contributed by atoms with van der Waals surface area (Å²) in [5.74, 6) is 0.504. The molecule has 0 saturated heterocycles. The number of aryl methyl sites for hydroxylation is 1. The van der Waals surface area contributed by atoms with Gasteiger partial charge in [-0.2, -0.15) is 0 Å². The molecule has 1 aromatic carbocycles. The first kappa shape index (κ1) is 16.1. The molecule has 4 nitrogen and oxygen atoms in total. The summed E-state index contributed by atoms with van der Waals surface area (Å²) in [5, 5.41) is 3.98. The highest BCUT2D eigenvalue weighted by Gasteiger charge is 2.28. The number of nitrogens with zero attached hydrogens (tertiary/aromatic N) is 2. The minimum absolute atomic E-state index is 0.0755. The summed E-state index contributed by atoms with van der Waals surface area (Å²) in [7, 11) is 0. The molecule has 2 aromatic rings. The molecule has 1 saturated carbocycles. The molecule has 1 aromatic heterocycles. The Morgan fingerprint density at radius 1 is 1.30 bits per heavy atom. The lowest BCUT2D eigenvalue weighted by molar-refractivity contribution is -0.118. The minimum Gasteiger partial charge on any atom is -0.355 e. The molecule has 0 unspecified atom stereocenters. The summed E-state index contributed by atoms with van der Waals surface area (Å²) in [6, 6.07) is 10.8. The lowest BCUT2D eigenvalue weighted by atomic mass is 10.1. The van der Waals surface area contributed by atoms with E-state index < -0.39 is 0 Å². The van der Waals surface area contributed by atoms with Crippen LogP contribution in [0.25, 0.3) is 0 Å². The molecule has 0 radical (unpaired) electrons. The number of carbonyl (C=O) groups excluding carboxylic acids is 1.